The summed E-state index contributed by atoms with van der Waals surface area (Å²) in [5.41, 5.74) is 0. The first kappa shape index (κ1) is 15.0. The van der Waals surface area contributed by atoms with Crippen LogP contribution in [-0.2, 0) is 29.1 Å². The first-order chi connectivity index (χ1) is 5.43. The van der Waals surface area contributed by atoms with Crippen LogP contribution >= 0.6 is 0 Å². The van der Waals surface area contributed by atoms with Gasteiger partial charge < -0.3 is 24.9 Å². The summed E-state index contributed by atoms with van der Waals surface area (Å²) in [6.07, 6.45) is -1.15. The SMILES string of the molecule is CC(O)N(CC(=O)[O-])CC(=O)[O-].[Zn+2]. The van der Waals surface area contributed by atoms with Gasteiger partial charge >= 0.3 is 19.5 Å². The van der Waals surface area contributed by atoms with Crippen LogP contribution in [0.2, 0.25) is 0 Å². The molecule has 7 heteroatoms. The Morgan fingerprint density at radius 1 is 1.31 bits per heavy atom. The Morgan fingerprint density at radius 2 is 1.62 bits per heavy atom. The Labute approximate surface area is 87.9 Å². The van der Waals surface area contributed by atoms with Gasteiger partial charge in [-0.15, -0.1) is 0 Å². The van der Waals surface area contributed by atoms with E-state index in [1.165, 1.54) is 6.92 Å². The summed E-state index contributed by atoms with van der Waals surface area (Å²) in [7, 11) is 0. The van der Waals surface area contributed by atoms with E-state index in [9.17, 15) is 19.8 Å². The van der Waals surface area contributed by atoms with Crippen LogP contribution in [0.15, 0.2) is 0 Å². The van der Waals surface area contributed by atoms with Crippen LogP contribution in [0.25, 0.3) is 0 Å². The van der Waals surface area contributed by atoms with Gasteiger partial charge in [0.1, 0.15) is 6.23 Å². The Bertz CT molecular complexity index is 168. The molecular weight excluding hydrogens is 231 g/mol. The molecule has 1 atom stereocenters. The van der Waals surface area contributed by atoms with Crippen LogP contribution in [0.3, 0.4) is 0 Å². The van der Waals surface area contributed by atoms with Gasteiger partial charge in [0.25, 0.3) is 0 Å². The van der Waals surface area contributed by atoms with Crippen LogP contribution in [-0.4, -0.2) is 41.3 Å². The molecule has 70 valence electrons. The van der Waals surface area contributed by atoms with E-state index in [0.717, 1.165) is 4.90 Å². The van der Waals surface area contributed by atoms with Gasteiger partial charge in [0.15, 0.2) is 0 Å². The summed E-state index contributed by atoms with van der Waals surface area (Å²) in [5, 5.41) is 28.9. The van der Waals surface area contributed by atoms with Gasteiger partial charge in [-0.2, -0.15) is 0 Å². The van der Waals surface area contributed by atoms with Gasteiger partial charge in [-0.1, -0.05) is 0 Å². The van der Waals surface area contributed by atoms with Crippen molar-refractivity contribution >= 4 is 11.9 Å². The zero-order valence-electron chi connectivity index (χ0n) is 7.23. The zero-order chi connectivity index (χ0) is 9.72. The molecule has 0 radical (unpaired) electrons. The molecule has 0 aliphatic heterocycles. The third kappa shape index (κ3) is 7.83. The van der Waals surface area contributed by atoms with Gasteiger partial charge in [-0.25, -0.2) is 0 Å². The van der Waals surface area contributed by atoms with Crippen molar-refractivity contribution in [3.63, 3.8) is 0 Å². The maximum absolute atomic E-state index is 10.0. The fourth-order valence-corrected chi connectivity index (χ4v) is 0.652. The van der Waals surface area contributed by atoms with Crippen molar-refractivity contribution in [1.82, 2.24) is 4.90 Å². The number of rotatable bonds is 5. The van der Waals surface area contributed by atoms with E-state index in [-0.39, 0.29) is 19.5 Å². The third-order valence-electron chi connectivity index (χ3n) is 1.19. The van der Waals surface area contributed by atoms with Gasteiger partial charge in [0.05, 0.1) is 11.9 Å². The van der Waals surface area contributed by atoms with Gasteiger partial charge in [-0.3, -0.25) is 4.90 Å². The fourth-order valence-electron chi connectivity index (χ4n) is 0.652. The Hall–Kier alpha value is -0.517. The Morgan fingerprint density at radius 3 is 1.77 bits per heavy atom. The molecule has 0 spiro atoms. The Kier molecular flexibility index (Phi) is 8.00. The molecule has 0 aromatic heterocycles. The number of nitrogens with zero attached hydrogens (tertiary/aromatic N) is 1. The topological polar surface area (TPSA) is 104 Å². The standard InChI is InChI=1S/C6H11NO5.Zn/c1-4(8)7(2-5(9)10)3-6(11)12;/h4,8H,2-3H2,1H3,(H,9,10)(H,11,12);/q;+2/p-2. The molecule has 0 saturated carbocycles. The molecule has 0 heterocycles. The summed E-state index contributed by atoms with van der Waals surface area (Å²) in [4.78, 5) is 20.8. The van der Waals surface area contributed by atoms with Crippen LogP contribution < -0.4 is 10.2 Å². The van der Waals surface area contributed by atoms with E-state index in [2.05, 4.69) is 0 Å². The van der Waals surface area contributed by atoms with E-state index >= 15 is 0 Å². The molecule has 0 amide bonds. The molecule has 0 saturated heterocycles. The van der Waals surface area contributed by atoms with Crippen molar-refractivity contribution in [2.24, 2.45) is 0 Å². The van der Waals surface area contributed by atoms with Gasteiger partial charge in [0, 0.05) is 13.1 Å². The van der Waals surface area contributed by atoms with E-state index in [4.69, 9.17) is 5.11 Å². The van der Waals surface area contributed by atoms with E-state index in [1.807, 2.05) is 0 Å². The largest absolute Gasteiger partial charge is 2.00 e. The molecule has 1 N–H and O–H groups in total. The number of carboxylic acids is 2. The molecule has 0 rings (SSSR count). The van der Waals surface area contributed by atoms with Crippen molar-refractivity contribution < 1.29 is 44.4 Å². The van der Waals surface area contributed by atoms with Crippen molar-refractivity contribution in [2.75, 3.05) is 13.1 Å². The monoisotopic (exact) mass is 239 g/mol. The number of aliphatic hydroxyl groups excluding tert-OH is 1. The quantitative estimate of drug-likeness (QED) is 0.389. The number of aliphatic carboxylic acids is 2. The van der Waals surface area contributed by atoms with E-state index in [0.29, 0.717) is 0 Å². The minimum atomic E-state index is -1.45. The molecule has 6 nitrogen and oxygen atoms in total. The van der Waals surface area contributed by atoms with Crippen LogP contribution in [0.4, 0.5) is 0 Å². The molecule has 0 aromatic carbocycles. The second-order valence-corrected chi connectivity index (χ2v) is 2.28. The molecule has 0 aromatic rings. The van der Waals surface area contributed by atoms with Crippen molar-refractivity contribution in [3.8, 4) is 0 Å². The number of hydrogen-bond acceptors (Lipinski definition) is 6. The minimum Gasteiger partial charge on any atom is -0.549 e. The number of carbonyl (C=O) groups excluding carboxylic acids is 2. The van der Waals surface area contributed by atoms with Gasteiger partial charge in [-0.05, 0) is 6.92 Å². The van der Waals surface area contributed by atoms with Crippen molar-refractivity contribution in [3.05, 3.63) is 0 Å². The van der Waals surface area contributed by atoms with Crippen molar-refractivity contribution in [1.29, 1.82) is 0 Å². The molecule has 0 fully saturated rings. The zero-order valence-corrected chi connectivity index (χ0v) is 10.2. The average molecular weight is 241 g/mol. The molecule has 1 unspecified atom stereocenters. The summed E-state index contributed by atoms with van der Waals surface area (Å²) >= 11 is 0. The molecule has 0 bridgehead atoms. The molecular formula is C6H9NO5Zn. The fraction of sp³-hybridized carbons (Fsp3) is 0.667. The minimum absolute atomic E-state index is 0. The predicted molar refractivity (Wildman–Crippen MR) is 33.3 cm³/mol. The maximum atomic E-state index is 10.0. The maximum Gasteiger partial charge on any atom is 2.00 e. The van der Waals surface area contributed by atoms with E-state index in [1.54, 1.807) is 0 Å². The molecule has 0 aliphatic carbocycles. The number of carbonyl (C=O) groups is 2. The second-order valence-electron chi connectivity index (χ2n) is 2.28. The summed E-state index contributed by atoms with van der Waals surface area (Å²) < 4.78 is 0. The van der Waals surface area contributed by atoms with Crippen LogP contribution in [0.1, 0.15) is 6.92 Å². The average Bonchev–Trinajstić information content (AvgIpc) is 1.83. The first-order valence-corrected chi connectivity index (χ1v) is 3.25. The number of carboxylic acid groups (broad SMARTS) is 2. The molecule has 0 aliphatic rings. The third-order valence-corrected chi connectivity index (χ3v) is 1.19. The number of aliphatic hydroxyl groups is 1. The predicted octanol–water partition coefficient (Wildman–Crippen LogP) is -3.88. The van der Waals surface area contributed by atoms with Gasteiger partial charge in [0.2, 0.25) is 0 Å². The summed E-state index contributed by atoms with van der Waals surface area (Å²) in [6, 6.07) is 0. The normalized spacial score (nSPS) is 11.9. The van der Waals surface area contributed by atoms with E-state index < -0.39 is 31.3 Å². The van der Waals surface area contributed by atoms with Crippen LogP contribution in [0.5, 0.6) is 0 Å². The van der Waals surface area contributed by atoms with Crippen LogP contribution in [0, 0.1) is 0 Å². The molecule has 13 heavy (non-hydrogen) atoms. The number of hydrogen-bond donors (Lipinski definition) is 1. The Balaban J connectivity index is 0. The first-order valence-electron chi connectivity index (χ1n) is 3.25. The second kappa shape index (κ2) is 6.94. The van der Waals surface area contributed by atoms with Crippen molar-refractivity contribution in [2.45, 2.75) is 13.2 Å². The summed E-state index contributed by atoms with van der Waals surface area (Å²) in [5.74, 6) is -2.89. The smallest absolute Gasteiger partial charge is 0.549 e. The summed E-state index contributed by atoms with van der Waals surface area (Å²) in [6.45, 7) is -0.0107.